The van der Waals surface area contributed by atoms with E-state index in [9.17, 15) is 14.4 Å². The van der Waals surface area contributed by atoms with Gasteiger partial charge < -0.3 is 32.8 Å². The Balaban J connectivity index is 1.53. The zero-order valence-electron chi connectivity index (χ0n) is 23.8. The summed E-state index contributed by atoms with van der Waals surface area (Å²) in [5, 5.41) is 0.987. The van der Waals surface area contributed by atoms with Gasteiger partial charge in [0.25, 0.3) is 0 Å². The first-order chi connectivity index (χ1) is 20.9. The number of methoxy groups -OCH3 is 4. The molecule has 0 N–H and O–H groups in total. The Morgan fingerprint density at radius 1 is 0.698 bits per heavy atom. The standard InChI is InChI=1S/C33H26O10/c1-37-16-42-32-22(41-15-17-5-9-19(38-2)10-6-17)12-8-18-7-11-20-27(26(18)32)31(36)28-29(34)21-13-24(39-3)25(40-4)14-23(21)43-33(28)30(20)35/h5-14H,15-16H2,1-4H3. The zero-order chi connectivity index (χ0) is 30.2. The van der Waals surface area contributed by atoms with E-state index in [-0.39, 0.29) is 58.3 Å². The van der Waals surface area contributed by atoms with Crippen molar-refractivity contribution in [3.05, 3.63) is 98.9 Å². The van der Waals surface area contributed by atoms with Gasteiger partial charge >= 0.3 is 0 Å². The molecule has 10 nitrogen and oxygen atoms in total. The Morgan fingerprint density at radius 3 is 2.12 bits per heavy atom. The minimum Gasteiger partial charge on any atom is -0.497 e. The molecule has 0 aliphatic heterocycles. The van der Waals surface area contributed by atoms with Crippen LogP contribution in [0.4, 0.5) is 0 Å². The van der Waals surface area contributed by atoms with E-state index >= 15 is 0 Å². The lowest BCUT2D eigenvalue weighted by atomic mass is 9.83. The second kappa shape index (κ2) is 11.1. The highest BCUT2D eigenvalue weighted by Gasteiger charge is 2.38. The molecule has 4 aromatic carbocycles. The van der Waals surface area contributed by atoms with E-state index in [1.807, 2.05) is 24.3 Å². The van der Waals surface area contributed by atoms with Crippen molar-refractivity contribution < 1.29 is 42.4 Å². The number of ketones is 2. The molecule has 1 aliphatic rings. The molecule has 0 radical (unpaired) electrons. The summed E-state index contributed by atoms with van der Waals surface area (Å²) in [5.41, 5.74) is 0.0117. The molecule has 5 aromatic rings. The van der Waals surface area contributed by atoms with Gasteiger partial charge in [-0.05, 0) is 41.3 Å². The summed E-state index contributed by atoms with van der Waals surface area (Å²) in [6.45, 7) is 0.0270. The van der Waals surface area contributed by atoms with Crippen molar-refractivity contribution in [2.45, 2.75) is 6.61 Å². The molecule has 1 aromatic heterocycles. The van der Waals surface area contributed by atoms with Gasteiger partial charge in [-0.2, -0.15) is 0 Å². The zero-order valence-corrected chi connectivity index (χ0v) is 23.8. The number of hydrogen-bond acceptors (Lipinski definition) is 10. The topological polar surface area (TPSA) is 120 Å². The molecule has 0 bridgehead atoms. The number of benzene rings is 4. The summed E-state index contributed by atoms with van der Waals surface area (Å²) in [4.78, 5) is 41.7. The minimum absolute atomic E-state index is 0.0168. The van der Waals surface area contributed by atoms with Crippen molar-refractivity contribution in [3.63, 3.8) is 0 Å². The maximum absolute atomic E-state index is 14.2. The van der Waals surface area contributed by atoms with Crippen molar-refractivity contribution in [2.75, 3.05) is 35.2 Å². The van der Waals surface area contributed by atoms with E-state index in [1.165, 1.54) is 39.5 Å². The van der Waals surface area contributed by atoms with E-state index in [0.29, 0.717) is 28.0 Å². The van der Waals surface area contributed by atoms with Crippen LogP contribution in [0.3, 0.4) is 0 Å². The van der Waals surface area contributed by atoms with Gasteiger partial charge in [-0.1, -0.05) is 24.3 Å². The van der Waals surface area contributed by atoms with Crippen LogP contribution in [0.5, 0.6) is 28.7 Å². The Labute approximate surface area is 245 Å². The molecule has 0 saturated carbocycles. The van der Waals surface area contributed by atoms with Gasteiger partial charge in [0.05, 0.1) is 26.7 Å². The summed E-state index contributed by atoms with van der Waals surface area (Å²) in [5.74, 6) is 0.194. The molecule has 1 aliphatic carbocycles. The molecule has 0 spiro atoms. The summed E-state index contributed by atoms with van der Waals surface area (Å²) in [6, 6.07) is 17.0. The quantitative estimate of drug-likeness (QED) is 0.208. The smallest absolute Gasteiger partial charge is 0.229 e. The third-order valence-electron chi connectivity index (χ3n) is 7.28. The van der Waals surface area contributed by atoms with Gasteiger partial charge in [-0.15, -0.1) is 0 Å². The number of hydrogen-bond donors (Lipinski definition) is 0. The van der Waals surface area contributed by atoms with Crippen LogP contribution < -0.4 is 29.1 Å². The molecule has 1 heterocycles. The lowest BCUT2D eigenvalue weighted by Crippen LogP contribution is -2.28. The first-order valence-corrected chi connectivity index (χ1v) is 13.2. The largest absolute Gasteiger partial charge is 0.497 e. The minimum atomic E-state index is -0.671. The molecule has 0 fully saturated rings. The first kappa shape index (κ1) is 27.8. The fourth-order valence-electron chi connectivity index (χ4n) is 5.18. The van der Waals surface area contributed by atoms with Gasteiger partial charge in [0.2, 0.25) is 17.0 Å². The van der Waals surface area contributed by atoms with Crippen LogP contribution in [0.25, 0.3) is 21.7 Å². The lowest BCUT2D eigenvalue weighted by molar-refractivity contribution is 0.0495. The number of fused-ring (bicyclic) bond motifs is 5. The summed E-state index contributed by atoms with van der Waals surface area (Å²) in [7, 11) is 5.92. The molecule has 43 heavy (non-hydrogen) atoms. The van der Waals surface area contributed by atoms with Crippen LogP contribution in [-0.4, -0.2) is 46.8 Å². The van der Waals surface area contributed by atoms with Crippen LogP contribution in [0.1, 0.15) is 37.6 Å². The predicted octanol–water partition coefficient (Wildman–Crippen LogP) is 5.31. The van der Waals surface area contributed by atoms with E-state index in [0.717, 1.165) is 5.56 Å². The maximum atomic E-state index is 14.2. The highest BCUT2D eigenvalue weighted by atomic mass is 16.7. The van der Waals surface area contributed by atoms with Crippen LogP contribution in [-0.2, 0) is 11.3 Å². The Morgan fingerprint density at radius 2 is 1.42 bits per heavy atom. The van der Waals surface area contributed by atoms with E-state index in [1.54, 1.807) is 25.3 Å². The summed E-state index contributed by atoms with van der Waals surface area (Å²) >= 11 is 0. The van der Waals surface area contributed by atoms with Gasteiger partial charge in [0.1, 0.15) is 23.5 Å². The fourth-order valence-corrected chi connectivity index (χ4v) is 5.18. The van der Waals surface area contributed by atoms with Gasteiger partial charge in [-0.25, -0.2) is 0 Å². The normalized spacial score (nSPS) is 12.2. The second-order valence-electron chi connectivity index (χ2n) is 9.66. The average Bonchev–Trinajstić information content (AvgIpc) is 3.04. The summed E-state index contributed by atoms with van der Waals surface area (Å²) < 4.78 is 39.0. The average molecular weight is 583 g/mol. The second-order valence-corrected chi connectivity index (χ2v) is 9.66. The Hall–Kier alpha value is -5.35. The van der Waals surface area contributed by atoms with Crippen LogP contribution in [0.2, 0.25) is 0 Å². The molecular weight excluding hydrogens is 556 g/mol. The molecule has 0 unspecified atom stereocenters. The SMILES string of the molecule is COCOc1c(OCc2ccc(OC)cc2)ccc2ccc3c(c12)C(=O)c1c(oc2cc(OC)c(OC)cc2c1=O)C3=O. The van der Waals surface area contributed by atoms with Crippen LogP contribution in [0.15, 0.2) is 69.9 Å². The van der Waals surface area contributed by atoms with Crippen molar-refractivity contribution in [2.24, 2.45) is 0 Å². The van der Waals surface area contributed by atoms with E-state index in [4.69, 9.17) is 32.8 Å². The summed E-state index contributed by atoms with van der Waals surface area (Å²) in [6.07, 6.45) is 0. The highest BCUT2D eigenvalue weighted by Crippen LogP contribution is 2.43. The molecule has 0 saturated heterocycles. The Kier molecular flexibility index (Phi) is 7.21. The van der Waals surface area contributed by atoms with Crippen LogP contribution in [0, 0.1) is 0 Å². The van der Waals surface area contributed by atoms with Crippen molar-refractivity contribution in [3.8, 4) is 28.7 Å². The van der Waals surface area contributed by atoms with E-state index < -0.39 is 17.0 Å². The number of carbonyl (C=O) groups is 2. The molecule has 0 atom stereocenters. The molecular formula is C33H26O10. The number of ether oxygens (including phenoxy) is 6. The molecule has 6 rings (SSSR count). The molecule has 10 heteroatoms. The van der Waals surface area contributed by atoms with E-state index in [2.05, 4.69) is 0 Å². The van der Waals surface area contributed by atoms with Gasteiger partial charge in [-0.3, -0.25) is 14.4 Å². The lowest BCUT2D eigenvalue weighted by Gasteiger charge is -2.21. The molecule has 0 amide bonds. The van der Waals surface area contributed by atoms with Crippen molar-refractivity contribution in [1.29, 1.82) is 0 Å². The maximum Gasteiger partial charge on any atom is 0.229 e. The third-order valence-corrected chi connectivity index (χ3v) is 7.28. The van der Waals surface area contributed by atoms with Gasteiger partial charge in [0.15, 0.2) is 35.6 Å². The predicted molar refractivity (Wildman–Crippen MR) is 156 cm³/mol. The van der Waals surface area contributed by atoms with Crippen molar-refractivity contribution >= 4 is 33.3 Å². The van der Waals surface area contributed by atoms with Gasteiger partial charge in [0, 0.05) is 29.7 Å². The number of rotatable bonds is 9. The van der Waals surface area contributed by atoms with Crippen LogP contribution >= 0.6 is 0 Å². The Bertz CT molecular complexity index is 1970. The third kappa shape index (κ3) is 4.61. The number of carbonyl (C=O) groups excluding carboxylic acids is 2. The highest BCUT2D eigenvalue weighted by molar-refractivity contribution is 6.32. The monoisotopic (exact) mass is 582 g/mol. The first-order valence-electron chi connectivity index (χ1n) is 13.2. The fraction of sp³-hybridized carbons (Fsp3) is 0.182. The van der Waals surface area contributed by atoms with Crippen molar-refractivity contribution in [1.82, 2.24) is 0 Å². The molecule has 218 valence electrons.